The fourth-order valence-electron chi connectivity index (χ4n) is 0.985. The predicted octanol–water partition coefficient (Wildman–Crippen LogP) is 2.87. The molecule has 1 aromatic heterocycles. The van der Waals surface area contributed by atoms with E-state index in [2.05, 4.69) is 0 Å². The van der Waals surface area contributed by atoms with Crippen molar-refractivity contribution in [1.82, 2.24) is 5.32 Å². The molecule has 1 amide bonds. The lowest BCUT2D eigenvalue weighted by Crippen LogP contribution is -2.50. The lowest BCUT2D eigenvalue weighted by Gasteiger charge is -2.18. The Morgan fingerprint density at radius 1 is 1.35 bits per heavy atom. The monoisotopic (exact) mass is 273 g/mol. The van der Waals surface area contributed by atoms with Gasteiger partial charge < -0.3 is 5.32 Å². The Morgan fingerprint density at radius 2 is 1.94 bits per heavy atom. The van der Waals surface area contributed by atoms with Gasteiger partial charge in [-0.3, -0.25) is 4.79 Å². The van der Waals surface area contributed by atoms with Gasteiger partial charge in [-0.1, -0.05) is 0 Å². The average molecular weight is 273 g/mol. The number of hydrogen-bond donors (Lipinski definition) is 1. The van der Waals surface area contributed by atoms with Crippen LogP contribution in [0.2, 0.25) is 0 Å². The van der Waals surface area contributed by atoms with Crippen molar-refractivity contribution >= 4 is 17.2 Å². The summed E-state index contributed by atoms with van der Waals surface area (Å²) in [4.78, 5) is 11.3. The summed E-state index contributed by atoms with van der Waals surface area (Å²) >= 11 is 1.17. The van der Waals surface area contributed by atoms with Gasteiger partial charge in [0, 0.05) is 4.88 Å². The van der Waals surface area contributed by atoms with Crippen molar-refractivity contribution in [2.24, 2.45) is 0 Å². The summed E-state index contributed by atoms with van der Waals surface area (Å²) < 4.78 is 60.5. The minimum atomic E-state index is -5.87. The topological polar surface area (TPSA) is 29.1 Å². The highest BCUT2D eigenvalue weighted by Crippen LogP contribution is 2.35. The first-order valence-electron chi connectivity index (χ1n) is 4.42. The second kappa shape index (κ2) is 4.59. The normalized spacial score (nSPS) is 12.6. The van der Waals surface area contributed by atoms with Crippen LogP contribution >= 0.6 is 11.3 Å². The van der Waals surface area contributed by atoms with Crippen LogP contribution in [0.4, 0.5) is 22.0 Å². The molecular weight excluding hydrogens is 265 g/mol. The molecule has 0 fully saturated rings. The lowest BCUT2D eigenvalue weighted by atomic mass is 10.2. The number of amides is 1. The van der Waals surface area contributed by atoms with E-state index in [1.165, 1.54) is 11.3 Å². The molecule has 1 rings (SSSR count). The first kappa shape index (κ1) is 13.9. The van der Waals surface area contributed by atoms with E-state index >= 15 is 0 Å². The summed E-state index contributed by atoms with van der Waals surface area (Å²) in [5.41, 5.74) is 0.727. The van der Waals surface area contributed by atoms with Gasteiger partial charge in [-0.15, -0.1) is 11.3 Å². The highest BCUT2D eigenvalue weighted by molar-refractivity contribution is 7.10. The van der Waals surface area contributed by atoms with Gasteiger partial charge in [0.05, 0.1) is 6.54 Å². The third-order valence-electron chi connectivity index (χ3n) is 2.02. The van der Waals surface area contributed by atoms with Crippen LogP contribution in [0.15, 0.2) is 11.4 Å². The molecule has 0 spiro atoms. The zero-order valence-electron chi connectivity index (χ0n) is 8.57. The van der Waals surface area contributed by atoms with Crippen LogP contribution in [0.1, 0.15) is 10.4 Å². The molecule has 1 N–H and O–H groups in total. The zero-order valence-corrected chi connectivity index (χ0v) is 9.38. The number of hydrogen-bond acceptors (Lipinski definition) is 2. The molecule has 0 aliphatic carbocycles. The molecule has 0 aromatic carbocycles. The summed E-state index contributed by atoms with van der Waals surface area (Å²) in [5, 5.41) is 3.23. The van der Waals surface area contributed by atoms with E-state index in [4.69, 9.17) is 0 Å². The Balaban J connectivity index is 2.65. The van der Waals surface area contributed by atoms with E-state index in [1.807, 2.05) is 0 Å². The number of nitrogens with one attached hydrogen (secondary N) is 1. The third-order valence-corrected chi connectivity index (χ3v) is 3.04. The van der Waals surface area contributed by atoms with Crippen LogP contribution in [-0.2, 0) is 11.3 Å². The van der Waals surface area contributed by atoms with Crippen molar-refractivity contribution in [2.45, 2.75) is 25.6 Å². The quantitative estimate of drug-likeness (QED) is 0.843. The Hall–Kier alpha value is -1.18. The van der Waals surface area contributed by atoms with Crippen LogP contribution < -0.4 is 5.32 Å². The lowest BCUT2D eigenvalue weighted by molar-refractivity contribution is -0.269. The number of rotatable bonds is 3. The molecular formula is C9H8F5NOS. The summed E-state index contributed by atoms with van der Waals surface area (Å²) in [6.07, 6.45) is -5.87. The van der Waals surface area contributed by atoms with Gasteiger partial charge in [0.1, 0.15) is 0 Å². The van der Waals surface area contributed by atoms with Crippen LogP contribution in [0.25, 0.3) is 0 Å². The number of carbonyl (C=O) groups is 1. The third kappa shape index (κ3) is 2.93. The highest BCUT2D eigenvalue weighted by Gasteiger charge is 2.63. The number of alkyl halides is 5. The first-order chi connectivity index (χ1) is 7.66. The van der Waals surface area contributed by atoms with E-state index in [0.29, 0.717) is 4.88 Å². The summed E-state index contributed by atoms with van der Waals surface area (Å²) in [6.45, 7) is 1.33. The molecule has 1 heterocycles. The number of carbonyl (C=O) groups excluding carboxylic acids is 1. The Kier molecular flexibility index (Phi) is 3.75. The van der Waals surface area contributed by atoms with E-state index in [9.17, 15) is 26.7 Å². The molecule has 2 nitrogen and oxygen atoms in total. The minimum absolute atomic E-state index is 0.339. The summed E-state index contributed by atoms with van der Waals surface area (Å²) in [6, 6.07) is 1.67. The zero-order chi connectivity index (χ0) is 13.3. The van der Waals surface area contributed by atoms with E-state index in [0.717, 1.165) is 5.56 Å². The van der Waals surface area contributed by atoms with E-state index < -0.39 is 18.0 Å². The van der Waals surface area contributed by atoms with Crippen LogP contribution in [-0.4, -0.2) is 18.0 Å². The van der Waals surface area contributed by atoms with Gasteiger partial charge in [0.15, 0.2) is 0 Å². The molecule has 0 aliphatic rings. The number of aryl methyl sites for hydroxylation is 1. The van der Waals surface area contributed by atoms with E-state index in [-0.39, 0.29) is 6.54 Å². The SMILES string of the molecule is Cc1ccsc1CNC(=O)C(F)(F)C(F)(F)F. The smallest absolute Gasteiger partial charge is 0.346 e. The fourth-order valence-corrected chi connectivity index (χ4v) is 1.83. The molecule has 96 valence electrons. The fraction of sp³-hybridized carbons (Fsp3) is 0.444. The van der Waals surface area contributed by atoms with Crippen LogP contribution in [0.3, 0.4) is 0 Å². The molecule has 0 aliphatic heterocycles. The number of halogens is 5. The molecule has 1 aromatic rings. The Morgan fingerprint density at radius 3 is 2.35 bits per heavy atom. The van der Waals surface area contributed by atoms with Crippen LogP contribution in [0.5, 0.6) is 0 Å². The van der Waals surface area contributed by atoms with Crippen molar-refractivity contribution in [1.29, 1.82) is 0 Å². The molecule has 0 unspecified atom stereocenters. The second-order valence-corrected chi connectivity index (χ2v) is 4.28. The maximum absolute atomic E-state index is 12.5. The van der Waals surface area contributed by atoms with Gasteiger partial charge in [0.2, 0.25) is 0 Å². The molecule has 0 atom stereocenters. The average Bonchev–Trinajstić information content (AvgIpc) is 2.58. The van der Waals surface area contributed by atoms with Crippen molar-refractivity contribution in [2.75, 3.05) is 0 Å². The van der Waals surface area contributed by atoms with Crippen molar-refractivity contribution in [3.63, 3.8) is 0 Å². The van der Waals surface area contributed by atoms with Crippen molar-refractivity contribution in [3.05, 3.63) is 21.9 Å². The predicted molar refractivity (Wildman–Crippen MR) is 51.9 cm³/mol. The molecule has 0 radical (unpaired) electrons. The molecule has 17 heavy (non-hydrogen) atoms. The van der Waals surface area contributed by atoms with Crippen molar-refractivity contribution < 1.29 is 26.7 Å². The van der Waals surface area contributed by atoms with Gasteiger partial charge in [0.25, 0.3) is 0 Å². The van der Waals surface area contributed by atoms with Crippen LogP contribution in [0, 0.1) is 6.92 Å². The second-order valence-electron chi connectivity index (χ2n) is 3.28. The van der Waals surface area contributed by atoms with Gasteiger partial charge in [-0.2, -0.15) is 22.0 Å². The molecule has 0 bridgehead atoms. The standard InChI is InChI=1S/C9H8F5NOS/c1-5-2-3-17-6(5)4-15-7(16)8(10,11)9(12,13)14/h2-3H,4H2,1H3,(H,15,16). The van der Waals surface area contributed by atoms with E-state index in [1.54, 1.807) is 23.7 Å². The molecule has 0 saturated heterocycles. The summed E-state index contributed by atoms with van der Waals surface area (Å²) in [7, 11) is 0. The maximum atomic E-state index is 12.5. The Bertz CT molecular complexity index is 412. The molecule has 0 saturated carbocycles. The highest BCUT2D eigenvalue weighted by atomic mass is 32.1. The Labute approximate surface area is 97.4 Å². The van der Waals surface area contributed by atoms with Crippen molar-refractivity contribution in [3.8, 4) is 0 Å². The van der Waals surface area contributed by atoms with Gasteiger partial charge >= 0.3 is 18.0 Å². The molecule has 8 heteroatoms. The van der Waals surface area contributed by atoms with Gasteiger partial charge in [-0.05, 0) is 23.9 Å². The first-order valence-corrected chi connectivity index (χ1v) is 5.30. The summed E-state index contributed by atoms with van der Waals surface area (Å²) in [5.74, 6) is -7.70. The maximum Gasteiger partial charge on any atom is 0.463 e. The van der Waals surface area contributed by atoms with Gasteiger partial charge in [-0.25, -0.2) is 0 Å². The minimum Gasteiger partial charge on any atom is -0.346 e. The number of thiophene rings is 1. The largest absolute Gasteiger partial charge is 0.463 e.